The van der Waals surface area contributed by atoms with Crippen molar-refractivity contribution >= 4 is 5.91 Å². The zero-order chi connectivity index (χ0) is 20.5. The van der Waals surface area contributed by atoms with Gasteiger partial charge in [-0.25, -0.2) is 0 Å². The second-order valence-corrected chi connectivity index (χ2v) is 7.13. The van der Waals surface area contributed by atoms with Crippen molar-refractivity contribution in [2.24, 2.45) is 0 Å². The molecule has 0 radical (unpaired) electrons. The van der Waals surface area contributed by atoms with Crippen LogP contribution in [0.4, 0.5) is 0 Å². The molecule has 3 rings (SSSR count). The molecule has 4 nitrogen and oxygen atoms in total. The molecule has 150 valence electrons. The van der Waals surface area contributed by atoms with Gasteiger partial charge in [-0.05, 0) is 47.7 Å². The Balaban J connectivity index is 1.39. The average Bonchev–Trinajstić information content (AvgIpc) is 2.74. The number of hydrogen-bond acceptors (Lipinski definition) is 3. The first-order valence-electron chi connectivity index (χ1n) is 9.76. The molecule has 1 N–H and O–H groups in total. The minimum atomic E-state index is -0.138. The Bertz CT molecular complexity index is 921. The first kappa shape index (κ1) is 20.6. The zero-order valence-corrected chi connectivity index (χ0v) is 17.0. The number of carbonyl (C=O) groups excluding carboxylic acids is 1. The molecule has 0 heterocycles. The highest BCUT2D eigenvalue weighted by Gasteiger charge is 2.05. The Morgan fingerprint density at radius 2 is 1.48 bits per heavy atom. The summed E-state index contributed by atoms with van der Waals surface area (Å²) in [7, 11) is 0. The third-order valence-corrected chi connectivity index (χ3v) is 4.60. The molecule has 0 aliphatic heterocycles. The minimum Gasteiger partial charge on any atom is -0.483 e. The quantitative estimate of drug-likeness (QED) is 0.576. The number of benzene rings is 3. The van der Waals surface area contributed by atoms with E-state index in [1.807, 2.05) is 74.5 Å². The number of amides is 1. The minimum absolute atomic E-state index is 0.00963. The number of nitrogens with one attached hydrogen (secondary N) is 1. The van der Waals surface area contributed by atoms with E-state index >= 15 is 0 Å². The fourth-order valence-electron chi connectivity index (χ4n) is 2.87. The number of carbonyl (C=O) groups is 1. The Morgan fingerprint density at radius 1 is 0.828 bits per heavy atom. The van der Waals surface area contributed by atoms with E-state index in [4.69, 9.17) is 9.47 Å². The van der Waals surface area contributed by atoms with Gasteiger partial charge >= 0.3 is 0 Å². The number of aryl methyl sites for hydroxylation is 2. The van der Waals surface area contributed by atoms with Crippen LogP contribution in [0.3, 0.4) is 0 Å². The molecule has 1 amide bonds. The van der Waals surface area contributed by atoms with Gasteiger partial charge in [0, 0.05) is 6.54 Å². The number of hydrogen-bond donors (Lipinski definition) is 1. The Hall–Kier alpha value is -3.11. The summed E-state index contributed by atoms with van der Waals surface area (Å²) in [5, 5.41) is 2.89. The largest absolute Gasteiger partial charge is 0.483 e. The SMILES string of the molecule is Cc1ccc(C)c(OCC(=O)NCc2ccc(COCc3ccccc3)cc2)c1. The van der Waals surface area contributed by atoms with Crippen molar-refractivity contribution in [2.75, 3.05) is 6.61 Å². The summed E-state index contributed by atoms with van der Waals surface area (Å²) < 4.78 is 11.4. The highest BCUT2D eigenvalue weighted by Crippen LogP contribution is 2.18. The van der Waals surface area contributed by atoms with Crippen molar-refractivity contribution in [1.82, 2.24) is 5.32 Å². The fourth-order valence-corrected chi connectivity index (χ4v) is 2.87. The number of rotatable bonds is 9. The molecule has 3 aromatic rings. The van der Waals surface area contributed by atoms with Crippen LogP contribution in [0.5, 0.6) is 5.75 Å². The lowest BCUT2D eigenvalue weighted by Gasteiger charge is -2.11. The van der Waals surface area contributed by atoms with Crippen molar-refractivity contribution in [3.8, 4) is 5.75 Å². The molecular formula is C25H27NO3. The Morgan fingerprint density at radius 3 is 2.21 bits per heavy atom. The summed E-state index contributed by atoms with van der Waals surface area (Å²) in [5.74, 6) is 0.612. The van der Waals surface area contributed by atoms with Crippen LogP contribution >= 0.6 is 0 Å². The molecular weight excluding hydrogens is 362 g/mol. The van der Waals surface area contributed by atoms with Gasteiger partial charge in [-0.15, -0.1) is 0 Å². The second kappa shape index (κ2) is 10.4. The van der Waals surface area contributed by atoms with Crippen molar-refractivity contribution in [3.05, 3.63) is 101 Å². The molecule has 0 aliphatic carbocycles. The molecule has 29 heavy (non-hydrogen) atoms. The van der Waals surface area contributed by atoms with Gasteiger partial charge in [0.1, 0.15) is 5.75 Å². The molecule has 0 spiro atoms. The maximum Gasteiger partial charge on any atom is 0.258 e. The summed E-state index contributed by atoms with van der Waals surface area (Å²) in [6.45, 7) is 5.61. The van der Waals surface area contributed by atoms with E-state index in [0.29, 0.717) is 19.8 Å². The van der Waals surface area contributed by atoms with E-state index in [-0.39, 0.29) is 12.5 Å². The maximum atomic E-state index is 12.1. The van der Waals surface area contributed by atoms with Crippen LogP contribution in [-0.2, 0) is 29.3 Å². The maximum absolute atomic E-state index is 12.1. The molecule has 0 atom stereocenters. The van der Waals surface area contributed by atoms with E-state index in [9.17, 15) is 4.79 Å². The van der Waals surface area contributed by atoms with Crippen LogP contribution in [0.15, 0.2) is 72.8 Å². The van der Waals surface area contributed by atoms with E-state index in [1.165, 1.54) is 0 Å². The molecule has 0 aliphatic rings. The highest BCUT2D eigenvalue weighted by atomic mass is 16.5. The van der Waals surface area contributed by atoms with Crippen LogP contribution < -0.4 is 10.1 Å². The molecule has 0 unspecified atom stereocenters. The van der Waals surface area contributed by atoms with Crippen LogP contribution in [-0.4, -0.2) is 12.5 Å². The van der Waals surface area contributed by atoms with Gasteiger partial charge in [0.15, 0.2) is 6.61 Å². The van der Waals surface area contributed by atoms with Crippen molar-refractivity contribution in [2.45, 2.75) is 33.6 Å². The van der Waals surface area contributed by atoms with E-state index < -0.39 is 0 Å². The first-order valence-corrected chi connectivity index (χ1v) is 9.76. The van der Waals surface area contributed by atoms with Crippen LogP contribution in [0.1, 0.15) is 27.8 Å². The van der Waals surface area contributed by atoms with Crippen LogP contribution in [0.2, 0.25) is 0 Å². The normalized spacial score (nSPS) is 10.6. The Labute approximate surface area is 172 Å². The first-order chi connectivity index (χ1) is 14.1. The standard InChI is InChI=1S/C25H27NO3/c1-19-8-9-20(2)24(14-19)29-18-25(27)26-15-21-10-12-23(13-11-21)17-28-16-22-6-4-3-5-7-22/h3-14H,15-18H2,1-2H3,(H,26,27). The second-order valence-electron chi connectivity index (χ2n) is 7.13. The molecule has 3 aromatic carbocycles. The van der Waals surface area contributed by atoms with Gasteiger partial charge in [0.2, 0.25) is 0 Å². The molecule has 0 saturated heterocycles. The lowest BCUT2D eigenvalue weighted by atomic mass is 10.1. The van der Waals surface area contributed by atoms with Crippen LogP contribution in [0.25, 0.3) is 0 Å². The molecule has 0 saturated carbocycles. The fraction of sp³-hybridized carbons (Fsp3) is 0.240. The van der Waals surface area contributed by atoms with Crippen molar-refractivity contribution in [1.29, 1.82) is 0 Å². The molecule has 0 bridgehead atoms. The zero-order valence-electron chi connectivity index (χ0n) is 17.0. The van der Waals surface area contributed by atoms with E-state index in [0.717, 1.165) is 33.6 Å². The van der Waals surface area contributed by atoms with Gasteiger partial charge in [-0.2, -0.15) is 0 Å². The summed E-state index contributed by atoms with van der Waals surface area (Å²) >= 11 is 0. The summed E-state index contributed by atoms with van der Waals surface area (Å²) in [5.41, 5.74) is 5.44. The van der Waals surface area contributed by atoms with E-state index in [2.05, 4.69) is 17.4 Å². The van der Waals surface area contributed by atoms with Gasteiger partial charge in [0.05, 0.1) is 13.2 Å². The lowest BCUT2D eigenvalue weighted by Crippen LogP contribution is -2.28. The van der Waals surface area contributed by atoms with Crippen LogP contribution in [0, 0.1) is 13.8 Å². The van der Waals surface area contributed by atoms with Gasteiger partial charge in [-0.1, -0.05) is 66.7 Å². The summed E-state index contributed by atoms with van der Waals surface area (Å²) in [6, 6.07) is 24.2. The highest BCUT2D eigenvalue weighted by molar-refractivity contribution is 5.77. The molecule has 0 fully saturated rings. The van der Waals surface area contributed by atoms with E-state index in [1.54, 1.807) is 0 Å². The van der Waals surface area contributed by atoms with Crippen molar-refractivity contribution < 1.29 is 14.3 Å². The van der Waals surface area contributed by atoms with Gasteiger partial charge in [0.25, 0.3) is 5.91 Å². The van der Waals surface area contributed by atoms with Gasteiger partial charge in [-0.3, -0.25) is 4.79 Å². The van der Waals surface area contributed by atoms with Crippen molar-refractivity contribution in [3.63, 3.8) is 0 Å². The third-order valence-electron chi connectivity index (χ3n) is 4.60. The predicted octanol–water partition coefficient (Wildman–Crippen LogP) is 4.72. The Kier molecular flexibility index (Phi) is 7.42. The average molecular weight is 389 g/mol. The topological polar surface area (TPSA) is 47.6 Å². The monoisotopic (exact) mass is 389 g/mol. The van der Waals surface area contributed by atoms with Gasteiger partial charge < -0.3 is 14.8 Å². The predicted molar refractivity (Wildman–Crippen MR) is 115 cm³/mol. The lowest BCUT2D eigenvalue weighted by molar-refractivity contribution is -0.123. The summed E-state index contributed by atoms with van der Waals surface area (Å²) in [4.78, 5) is 12.1. The smallest absolute Gasteiger partial charge is 0.258 e. The summed E-state index contributed by atoms with van der Waals surface area (Å²) in [6.07, 6.45) is 0. The number of ether oxygens (including phenoxy) is 2. The molecule has 4 heteroatoms. The molecule has 0 aromatic heterocycles. The third kappa shape index (κ3) is 6.77.